The molecule has 0 bridgehead atoms. The Kier molecular flexibility index (Phi) is 5.34. The Morgan fingerprint density at radius 2 is 2.05 bits per heavy atom. The van der Waals surface area contributed by atoms with Gasteiger partial charge < -0.3 is 4.90 Å². The van der Waals surface area contributed by atoms with E-state index < -0.39 is 10.0 Å². The third kappa shape index (κ3) is 3.81. The molecule has 2 heterocycles. The van der Waals surface area contributed by atoms with Gasteiger partial charge in [-0.05, 0) is 28.4 Å². The Hall–Kier alpha value is -0.990. The Labute approximate surface area is 133 Å². The number of pyridine rings is 1. The lowest BCUT2D eigenvalue weighted by Gasteiger charge is -2.21. The molecule has 1 aliphatic rings. The van der Waals surface area contributed by atoms with Gasteiger partial charge in [0.25, 0.3) is 0 Å². The number of rotatable bonds is 3. The minimum atomic E-state index is -3.56. The van der Waals surface area contributed by atoms with Gasteiger partial charge in [0.15, 0.2) is 0 Å². The van der Waals surface area contributed by atoms with Crippen LogP contribution in [0, 0.1) is 0 Å². The maximum atomic E-state index is 12.6. The average Bonchev–Trinajstić information content (AvgIpc) is 2.72. The molecule has 0 aliphatic carbocycles. The summed E-state index contributed by atoms with van der Waals surface area (Å²) in [6.07, 6.45) is 3.98. The van der Waals surface area contributed by atoms with E-state index in [-0.39, 0.29) is 10.8 Å². The molecule has 1 aromatic rings. The van der Waals surface area contributed by atoms with Crippen molar-refractivity contribution in [1.29, 1.82) is 0 Å². The van der Waals surface area contributed by atoms with Crippen LogP contribution in [0.15, 0.2) is 27.8 Å². The van der Waals surface area contributed by atoms with E-state index in [1.165, 1.54) is 10.5 Å². The van der Waals surface area contributed by atoms with Crippen molar-refractivity contribution in [3.8, 4) is 0 Å². The fraction of sp³-hybridized carbons (Fsp3) is 0.538. The van der Waals surface area contributed by atoms with Crippen LogP contribution in [0.1, 0.15) is 19.8 Å². The van der Waals surface area contributed by atoms with E-state index in [2.05, 4.69) is 20.9 Å². The second-order valence-electron chi connectivity index (χ2n) is 4.83. The molecule has 6 nitrogen and oxygen atoms in total. The molecule has 1 aliphatic heterocycles. The number of halogens is 1. The van der Waals surface area contributed by atoms with E-state index in [0.29, 0.717) is 43.5 Å². The lowest BCUT2D eigenvalue weighted by Crippen LogP contribution is -2.37. The molecule has 21 heavy (non-hydrogen) atoms. The summed E-state index contributed by atoms with van der Waals surface area (Å²) in [6.45, 7) is 3.60. The number of carbonyl (C=O) groups excluding carboxylic acids is 1. The Bertz CT molecular complexity index is 621. The van der Waals surface area contributed by atoms with Gasteiger partial charge in [-0.15, -0.1) is 0 Å². The highest BCUT2D eigenvalue weighted by Gasteiger charge is 2.28. The molecule has 0 aromatic carbocycles. The van der Waals surface area contributed by atoms with Crippen LogP contribution in [0.2, 0.25) is 0 Å². The summed E-state index contributed by atoms with van der Waals surface area (Å²) in [7, 11) is -3.56. The van der Waals surface area contributed by atoms with Crippen LogP contribution in [0.4, 0.5) is 0 Å². The van der Waals surface area contributed by atoms with Crippen molar-refractivity contribution in [3.05, 3.63) is 22.9 Å². The van der Waals surface area contributed by atoms with Gasteiger partial charge in [0.05, 0.1) is 0 Å². The van der Waals surface area contributed by atoms with Gasteiger partial charge in [-0.3, -0.25) is 9.78 Å². The van der Waals surface area contributed by atoms with Crippen molar-refractivity contribution in [1.82, 2.24) is 14.2 Å². The van der Waals surface area contributed by atoms with E-state index in [1.54, 1.807) is 17.2 Å². The number of aromatic nitrogens is 1. The summed E-state index contributed by atoms with van der Waals surface area (Å²) in [6, 6.07) is 1.54. The monoisotopic (exact) mass is 375 g/mol. The highest BCUT2D eigenvalue weighted by Crippen LogP contribution is 2.20. The second-order valence-corrected chi connectivity index (χ2v) is 7.68. The molecule has 2 rings (SSSR count). The number of sulfonamides is 1. The highest BCUT2D eigenvalue weighted by molar-refractivity contribution is 9.10. The van der Waals surface area contributed by atoms with E-state index in [1.807, 2.05) is 6.92 Å². The highest BCUT2D eigenvalue weighted by atomic mass is 79.9. The van der Waals surface area contributed by atoms with Crippen LogP contribution in [0.25, 0.3) is 0 Å². The average molecular weight is 376 g/mol. The van der Waals surface area contributed by atoms with Crippen LogP contribution in [0.5, 0.6) is 0 Å². The van der Waals surface area contributed by atoms with Crippen molar-refractivity contribution >= 4 is 31.9 Å². The molecule has 0 N–H and O–H groups in total. The van der Waals surface area contributed by atoms with Gasteiger partial charge in [-0.25, -0.2) is 8.42 Å². The van der Waals surface area contributed by atoms with Gasteiger partial charge in [0.1, 0.15) is 4.90 Å². The number of hydrogen-bond acceptors (Lipinski definition) is 4. The molecule has 1 amide bonds. The van der Waals surface area contributed by atoms with E-state index >= 15 is 0 Å². The molecule has 1 aromatic heterocycles. The number of nitrogens with zero attached hydrogens (tertiary/aromatic N) is 3. The first-order valence-electron chi connectivity index (χ1n) is 6.83. The van der Waals surface area contributed by atoms with Crippen molar-refractivity contribution in [2.75, 3.05) is 26.2 Å². The molecular weight excluding hydrogens is 358 g/mol. The quantitative estimate of drug-likeness (QED) is 0.801. The predicted octanol–water partition coefficient (Wildman–Crippen LogP) is 1.48. The van der Waals surface area contributed by atoms with Gasteiger partial charge in [0, 0.05) is 49.5 Å². The van der Waals surface area contributed by atoms with Crippen molar-refractivity contribution in [2.45, 2.75) is 24.7 Å². The Morgan fingerprint density at radius 1 is 1.29 bits per heavy atom. The van der Waals surface area contributed by atoms with E-state index in [4.69, 9.17) is 0 Å². The van der Waals surface area contributed by atoms with Crippen molar-refractivity contribution < 1.29 is 13.2 Å². The molecule has 0 atom stereocenters. The minimum Gasteiger partial charge on any atom is -0.341 e. The molecule has 0 spiro atoms. The molecule has 0 radical (unpaired) electrons. The summed E-state index contributed by atoms with van der Waals surface area (Å²) in [5.41, 5.74) is 0. The van der Waals surface area contributed by atoms with Crippen molar-refractivity contribution in [2.24, 2.45) is 0 Å². The zero-order valence-electron chi connectivity index (χ0n) is 11.8. The standard InChI is InChI=1S/C13H18BrN3O3S/c1-2-13(18)16-4-3-5-17(7-6-16)21(19,20)12-8-11(14)9-15-10-12/h8-10H,2-7H2,1H3. The first-order valence-corrected chi connectivity index (χ1v) is 9.07. The maximum Gasteiger partial charge on any atom is 0.244 e. The van der Waals surface area contributed by atoms with Crippen LogP contribution >= 0.6 is 15.9 Å². The van der Waals surface area contributed by atoms with Gasteiger partial charge in [-0.1, -0.05) is 6.92 Å². The van der Waals surface area contributed by atoms with Gasteiger partial charge >= 0.3 is 0 Å². The molecule has 1 fully saturated rings. The smallest absolute Gasteiger partial charge is 0.244 e. The minimum absolute atomic E-state index is 0.0679. The molecular formula is C13H18BrN3O3S. The molecule has 0 unspecified atom stereocenters. The second kappa shape index (κ2) is 6.85. The summed E-state index contributed by atoms with van der Waals surface area (Å²) < 4.78 is 27.3. The predicted molar refractivity (Wildman–Crippen MR) is 82.2 cm³/mol. The molecule has 0 saturated carbocycles. The van der Waals surface area contributed by atoms with E-state index in [0.717, 1.165) is 0 Å². The van der Waals surface area contributed by atoms with Crippen LogP contribution in [-0.4, -0.2) is 54.7 Å². The first-order chi connectivity index (χ1) is 9.95. The molecule has 116 valence electrons. The largest absolute Gasteiger partial charge is 0.341 e. The topological polar surface area (TPSA) is 70.6 Å². The lowest BCUT2D eigenvalue weighted by atomic mass is 10.3. The van der Waals surface area contributed by atoms with Gasteiger partial charge in [-0.2, -0.15) is 4.31 Å². The normalized spacial score (nSPS) is 17.5. The molecule has 8 heteroatoms. The fourth-order valence-corrected chi connectivity index (χ4v) is 4.27. The third-order valence-electron chi connectivity index (χ3n) is 3.43. The van der Waals surface area contributed by atoms with Crippen LogP contribution in [0.3, 0.4) is 0 Å². The molecule has 1 saturated heterocycles. The number of carbonyl (C=O) groups is 1. The first kappa shape index (κ1) is 16.4. The number of amides is 1. The fourth-order valence-electron chi connectivity index (χ4n) is 2.29. The third-order valence-corrected chi connectivity index (χ3v) is 5.73. The Morgan fingerprint density at radius 3 is 2.71 bits per heavy atom. The summed E-state index contributed by atoms with van der Waals surface area (Å²) in [5.74, 6) is 0.0679. The summed E-state index contributed by atoms with van der Waals surface area (Å²) in [5, 5.41) is 0. The summed E-state index contributed by atoms with van der Waals surface area (Å²) >= 11 is 3.23. The SMILES string of the molecule is CCC(=O)N1CCCN(S(=O)(=O)c2cncc(Br)c2)CC1. The zero-order chi connectivity index (χ0) is 15.5. The maximum absolute atomic E-state index is 12.6. The van der Waals surface area contributed by atoms with E-state index in [9.17, 15) is 13.2 Å². The van der Waals surface area contributed by atoms with Crippen molar-refractivity contribution in [3.63, 3.8) is 0 Å². The Balaban J connectivity index is 2.16. The zero-order valence-corrected chi connectivity index (χ0v) is 14.2. The lowest BCUT2D eigenvalue weighted by molar-refractivity contribution is -0.130. The van der Waals surface area contributed by atoms with Gasteiger partial charge in [0.2, 0.25) is 15.9 Å². The number of hydrogen-bond donors (Lipinski definition) is 0. The van der Waals surface area contributed by atoms with Crippen LogP contribution in [-0.2, 0) is 14.8 Å². The van der Waals surface area contributed by atoms with Crippen LogP contribution < -0.4 is 0 Å². The summed E-state index contributed by atoms with van der Waals surface area (Å²) in [4.78, 5) is 17.5.